The number of hydrogen-bond donors (Lipinski definition) is 1. The smallest absolute Gasteiger partial charge is 0.373 e. The number of likely N-dealkylation sites (N-methyl/N-ethyl adjacent to an activating group) is 1. The minimum atomic E-state index is -4.94. The Morgan fingerprint density at radius 1 is 1.00 bits per heavy atom. The Morgan fingerprint density at radius 2 is 1.50 bits per heavy atom. The third kappa shape index (κ3) is 5.22. The van der Waals surface area contributed by atoms with Crippen LogP contribution in [0.5, 0.6) is 0 Å². The first kappa shape index (κ1) is 26.0. The SMILES string of the molecule is C[C@@H](OCC1(c2ccccc2)CC(N)(C(=O)N(C)C)C1)c1cc(C(F)(F)F)cc(C(F)(F)F)c1. The third-order valence-corrected chi connectivity index (χ3v) is 6.21. The molecule has 34 heavy (non-hydrogen) atoms. The second-order valence-electron chi connectivity index (χ2n) is 9.15. The molecule has 0 radical (unpaired) electrons. The van der Waals surface area contributed by atoms with Gasteiger partial charge in [0.1, 0.15) is 0 Å². The van der Waals surface area contributed by atoms with Gasteiger partial charge < -0.3 is 15.4 Å². The molecule has 3 rings (SSSR count). The molecule has 0 bridgehead atoms. The molecule has 1 aliphatic rings. The molecule has 0 aromatic heterocycles. The van der Waals surface area contributed by atoms with Crippen LogP contribution in [0.25, 0.3) is 0 Å². The summed E-state index contributed by atoms with van der Waals surface area (Å²) >= 11 is 0. The Balaban J connectivity index is 1.88. The van der Waals surface area contributed by atoms with Crippen LogP contribution in [0, 0.1) is 0 Å². The molecule has 0 heterocycles. The second-order valence-corrected chi connectivity index (χ2v) is 9.15. The Labute approximate surface area is 193 Å². The van der Waals surface area contributed by atoms with Gasteiger partial charge >= 0.3 is 12.4 Å². The van der Waals surface area contributed by atoms with Gasteiger partial charge in [0.05, 0.1) is 29.4 Å². The number of hydrogen-bond acceptors (Lipinski definition) is 3. The molecule has 1 amide bonds. The number of carbonyl (C=O) groups is 1. The van der Waals surface area contributed by atoms with Crippen LogP contribution < -0.4 is 5.73 Å². The van der Waals surface area contributed by atoms with Crippen molar-refractivity contribution in [2.45, 2.75) is 49.2 Å². The first-order valence-electron chi connectivity index (χ1n) is 10.5. The Kier molecular flexibility index (Phi) is 6.80. The zero-order chi connectivity index (χ0) is 25.5. The monoisotopic (exact) mass is 488 g/mol. The molecule has 10 heteroatoms. The van der Waals surface area contributed by atoms with Crippen LogP contribution in [0.15, 0.2) is 48.5 Å². The number of amides is 1. The zero-order valence-corrected chi connectivity index (χ0v) is 18.9. The highest BCUT2D eigenvalue weighted by Gasteiger charge is 2.58. The largest absolute Gasteiger partial charge is 0.416 e. The molecular weight excluding hydrogens is 462 g/mol. The minimum Gasteiger partial charge on any atom is -0.373 e. The van der Waals surface area contributed by atoms with Crippen molar-refractivity contribution in [2.24, 2.45) is 5.73 Å². The molecule has 1 saturated carbocycles. The lowest BCUT2D eigenvalue weighted by Gasteiger charge is -2.54. The fourth-order valence-corrected chi connectivity index (χ4v) is 4.53. The van der Waals surface area contributed by atoms with E-state index in [2.05, 4.69) is 0 Å². The number of benzene rings is 2. The second kappa shape index (κ2) is 8.88. The lowest BCUT2D eigenvalue weighted by molar-refractivity contribution is -0.143. The van der Waals surface area contributed by atoms with Gasteiger partial charge in [-0.25, -0.2) is 0 Å². The zero-order valence-electron chi connectivity index (χ0n) is 18.9. The third-order valence-electron chi connectivity index (χ3n) is 6.21. The van der Waals surface area contributed by atoms with Crippen molar-refractivity contribution in [2.75, 3.05) is 20.7 Å². The molecule has 186 valence electrons. The number of halogens is 6. The summed E-state index contributed by atoms with van der Waals surface area (Å²) in [6.07, 6.45) is -10.5. The molecule has 0 spiro atoms. The minimum absolute atomic E-state index is 0.0323. The highest BCUT2D eigenvalue weighted by molar-refractivity contribution is 5.87. The summed E-state index contributed by atoms with van der Waals surface area (Å²) in [6, 6.07) is 10.5. The van der Waals surface area contributed by atoms with Crippen LogP contribution in [0.3, 0.4) is 0 Å². The van der Waals surface area contributed by atoms with E-state index in [1.807, 2.05) is 12.1 Å². The van der Waals surface area contributed by atoms with E-state index >= 15 is 0 Å². The van der Waals surface area contributed by atoms with Gasteiger partial charge in [-0.3, -0.25) is 4.79 Å². The normalized spacial score (nSPS) is 23.8. The quantitative estimate of drug-likeness (QED) is 0.560. The molecule has 2 N–H and O–H groups in total. The van der Waals surface area contributed by atoms with Crippen molar-refractivity contribution in [3.63, 3.8) is 0 Å². The first-order chi connectivity index (χ1) is 15.6. The molecule has 0 unspecified atom stereocenters. The lowest BCUT2D eigenvalue weighted by Crippen LogP contribution is -2.68. The van der Waals surface area contributed by atoms with Crippen molar-refractivity contribution >= 4 is 5.91 Å². The van der Waals surface area contributed by atoms with E-state index in [9.17, 15) is 31.1 Å². The van der Waals surface area contributed by atoms with Crippen molar-refractivity contribution in [3.8, 4) is 0 Å². The van der Waals surface area contributed by atoms with Crippen molar-refractivity contribution in [1.82, 2.24) is 4.90 Å². The summed E-state index contributed by atoms with van der Waals surface area (Å²) in [5, 5.41) is 0. The van der Waals surface area contributed by atoms with E-state index < -0.39 is 40.5 Å². The molecule has 1 atom stereocenters. The lowest BCUT2D eigenvalue weighted by atomic mass is 9.54. The van der Waals surface area contributed by atoms with Gasteiger partial charge in [0.15, 0.2) is 0 Å². The Morgan fingerprint density at radius 3 is 1.94 bits per heavy atom. The standard InChI is InChI=1S/C24H26F6N2O2/c1-15(16-9-18(23(25,26)27)11-19(10-16)24(28,29)30)34-14-21(17-7-5-4-6-8-17)12-22(31,13-21)20(33)32(2)3/h4-11,15H,12-14,31H2,1-3H3/t15-,21?,22?/m1/s1. The Bertz CT molecular complexity index is 996. The van der Waals surface area contributed by atoms with E-state index in [-0.39, 0.29) is 37.0 Å². The molecule has 0 saturated heterocycles. The Hall–Kier alpha value is -2.59. The number of carbonyl (C=O) groups excluding carboxylic acids is 1. The first-order valence-corrected chi connectivity index (χ1v) is 10.5. The maximum atomic E-state index is 13.2. The van der Waals surface area contributed by atoms with Crippen LogP contribution in [-0.2, 0) is 27.3 Å². The predicted molar refractivity (Wildman–Crippen MR) is 114 cm³/mol. The summed E-state index contributed by atoms with van der Waals surface area (Å²) in [5.41, 5.74) is 2.27. The van der Waals surface area contributed by atoms with Crippen LogP contribution in [-0.4, -0.2) is 37.0 Å². The van der Waals surface area contributed by atoms with E-state index in [1.165, 1.54) is 11.8 Å². The van der Waals surface area contributed by atoms with Gasteiger partial charge in [-0.05, 0) is 49.1 Å². The summed E-state index contributed by atoms with van der Waals surface area (Å²) in [5.74, 6) is -0.264. The predicted octanol–water partition coefficient (Wildman–Crippen LogP) is 5.32. The van der Waals surface area contributed by atoms with E-state index in [4.69, 9.17) is 10.5 Å². The van der Waals surface area contributed by atoms with Gasteiger partial charge in [0, 0.05) is 19.5 Å². The van der Waals surface area contributed by atoms with Crippen molar-refractivity contribution < 1.29 is 35.9 Å². The van der Waals surface area contributed by atoms with E-state index in [1.54, 1.807) is 32.3 Å². The van der Waals surface area contributed by atoms with Gasteiger partial charge in [-0.1, -0.05) is 30.3 Å². The summed E-state index contributed by atoms with van der Waals surface area (Å²) in [6.45, 7) is 1.36. The molecule has 1 fully saturated rings. The van der Waals surface area contributed by atoms with E-state index in [0.717, 1.165) is 5.56 Å². The maximum Gasteiger partial charge on any atom is 0.416 e. The van der Waals surface area contributed by atoms with Crippen LogP contribution in [0.4, 0.5) is 26.3 Å². The molecule has 2 aromatic rings. The van der Waals surface area contributed by atoms with Crippen molar-refractivity contribution in [3.05, 3.63) is 70.8 Å². The van der Waals surface area contributed by atoms with E-state index in [0.29, 0.717) is 12.1 Å². The summed E-state index contributed by atoms with van der Waals surface area (Å²) in [4.78, 5) is 13.9. The number of ether oxygens (including phenoxy) is 1. The number of nitrogens with two attached hydrogens (primary N) is 1. The van der Waals surface area contributed by atoms with Crippen LogP contribution >= 0.6 is 0 Å². The van der Waals surface area contributed by atoms with Gasteiger partial charge in [-0.15, -0.1) is 0 Å². The highest BCUT2D eigenvalue weighted by Crippen LogP contribution is 2.50. The average Bonchev–Trinajstić information content (AvgIpc) is 2.74. The van der Waals surface area contributed by atoms with Crippen LogP contribution in [0.1, 0.15) is 48.1 Å². The van der Waals surface area contributed by atoms with Crippen molar-refractivity contribution in [1.29, 1.82) is 0 Å². The van der Waals surface area contributed by atoms with Gasteiger partial charge in [0.2, 0.25) is 5.91 Å². The number of nitrogens with zero attached hydrogens (tertiary/aromatic N) is 1. The molecule has 0 aliphatic heterocycles. The van der Waals surface area contributed by atoms with Crippen LogP contribution in [0.2, 0.25) is 0 Å². The molecule has 1 aliphatic carbocycles. The molecular formula is C24H26F6N2O2. The van der Waals surface area contributed by atoms with Gasteiger partial charge in [-0.2, -0.15) is 26.3 Å². The molecule has 4 nitrogen and oxygen atoms in total. The molecule has 2 aromatic carbocycles. The fraction of sp³-hybridized carbons (Fsp3) is 0.458. The topological polar surface area (TPSA) is 55.6 Å². The number of alkyl halides is 6. The average molecular weight is 488 g/mol. The fourth-order valence-electron chi connectivity index (χ4n) is 4.53. The summed E-state index contributed by atoms with van der Waals surface area (Å²) < 4.78 is 85.2. The number of rotatable bonds is 6. The summed E-state index contributed by atoms with van der Waals surface area (Å²) in [7, 11) is 3.17. The van der Waals surface area contributed by atoms with Gasteiger partial charge in [0.25, 0.3) is 0 Å². The highest BCUT2D eigenvalue weighted by atomic mass is 19.4. The maximum absolute atomic E-state index is 13.2.